The number of aromatic hydroxyl groups is 1. The van der Waals surface area contributed by atoms with Crippen LogP contribution in [-0.4, -0.2) is 43.3 Å². The van der Waals surface area contributed by atoms with E-state index in [1.165, 1.54) is 26.4 Å². The average molecular weight is 335 g/mol. The standard InChI is InChI=1S/C15H17N3O6/c1-23-5-3-4-17-15(20)11(9-16)6-10-7-12(18(21)22)14(19)13(8-10)24-2/h6-8,19H,3-5H2,1-2H3,(H,17,20)/b11-6+. The van der Waals surface area contributed by atoms with Crippen molar-refractivity contribution in [3.8, 4) is 17.6 Å². The number of nitrogens with one attached hydrogen (secondary N) is 1. The van der Waals surface area contributed by atoms with Crippen molar-refractivity contribution in [1.82, 2.24) is 5.32 Å². The van der Waals surface area contributed by atoms with E-state index in [4.69, 9.17) is 14.7 Å². The summed E-state index contributed by atoms with van der Waals surface area (Å²) >= 11 is 0. The Morgan fingerprint density at radius 1 is 1.50 bits per heavy atom. The van der Waals surface area contributed by atoms with Crippen LogP contribution < -0.4 is 10.1 Å². The lowest BCUT2D eigenvalue weighted by Crippen LogP contribution is -2.26. The monoisotopic (exact) mass is 335 g/mol. The van der Waals surface area contributed by atoms with Crippen molar-refractivity contribution in [3.05, 3.63) is 33.4 Å². The summed E-state index contributed by atoms with van der Waals surface area (Å²) in [5.74, 6) is -1.36. The highest BCUT2D eigenvalue weighted by Gasteiger charge is 2.20. The first kappa shape index (κ1) is 18.9. The summed E-state index contributed by atoms with van der Waals surface area (Å²) in [6, 6.07) is 4.08. The molecule has 0 bridgehead atoms. The zero-order valence-electron chi connectivity index (χ0n) is 13.2. The van der Waals surface area contributed by atoms with Crippen LogP contribution in [-0.2, 0) is 9.53 Å². The van der Waals surface area contributed by atoms with Gasteiger partial charge in [-0.3, -0.25) is 14.9 Å². The van der Waals surface area contributed by atoms with Crippen LogP contribution in [0.15, 0.2) is 17.7 Å². The second-order valence-electron chi connectivity index (χ2n) is 4.62. The Labute approximate surface area is 138 Å². The molecule has 24 heavy (non-hydrogen) atoms. The second kappa shape index (κ2) is 9.12. The van der Waals surface area contributed by atoms with Crippen molar-refractivity contribution < 1.29 is 24.3 Å². The van der Waals surface area contributed by atoms with Gasteiger partial charge in [0.1, 0.15) is 11.6 Å². The van der Waals surface area contributed by atoms with Gasteiger partial charge in [-0.05, 0) is 24.1 Å². The highest BCUT2D eigenvalue weighted by Crippen LogP contribution is 2.37. The molecule has 1 aromatic rings. The van der Waals surface area contributed by atoms with Crippen LogP contribution in [0.2, 0.25) is 0 Å². The smallest absolute Gasteiger partial charge is 0.315 e. The van der Waals surface area contributed by atoms with E-state index in [-0.39, 0.29) is 16.9 Å². The number of ether oxygens (including phenoxy) is 2. The molecule has 0 aliphatic carbocycles. The second-order valence-corrected chi connectivity index (χ2v) is 4.62. The van der Waals surface area contributed by atoms with Crippen molar-refractivity contribution in [3.63, 3.8) is 0 Å². The van der Waals surface area contributed by atoms with Crippen LogP contribution in [0.4, 0.5) is 5.69 Å². The van der Waals surface area contributed by atoms with E-state index in [1.807, 2.05) is 0 Å². The molecular formula is C15H17N3O6. The van der Waals surface area contributed by atoms with Gasteiger partial charge in [0.25, 0.3) is 5.91 Å². The number of phenols is 1. The number of phenolic OH excluding ortho intramolecular Hbond substituents is 1. The molecule has 0 unspecified atom stereocenters. The molecule has 1 rings (SSSR count). The van der Waals surface area contributed by atoms with Crippen molar-refractivity contribution in [2.45, 2.75) is 6.42 Å². The van der Waals surface area contributed by atoms with E-state index in [0.29, 0.717) is 19.6 Å². The van der Waals surface area contributed by atoms with E-state index >= 15 is 0 Å². The number of hydrogen-bond donors (Lipinski definition) is 2. The molecule has 0 aromatic heterocycles. The Morgan fingerprint density at radius 2 is 2.21 bits per heavy atom. The van der Waals surface area contributed by atoms with E-state index in [2.05, 4.69) is 5.32 Å². The first-order chi connectivity index (χ1) is 11.4. The highest BCUT2D eigenvalue weighted by molar-refractivity contribution is 6.01. The maximum atomic E-state index is 11.9. The van der Waals surface area contributed by atoms with E-state index < -0.39 is 22.3 Å². The van der Waals surface area contributed by atoms with Gasteiger partial charge in [-0.2, -0.15) is 5.26 Å². The number of nitriles is 1. The lowest BCUT2D eigenvalue weighted by atomic mass is 10.1. The fraction of sp³-hybridized carbons (Fsp3) is 0.333. The maximum absolute atomic E-state index is 11.9. The van der Waals surface area contributed by atoms with Crippen LogP contribution in [0.1, 0.15) is 12.0 Å². The number of amides is 1. The van der Waals surface area contributed by atoms with E-state index in [9.17, 15) is 20.0 Å². The Morgan fingerprint density at radius 3 is 2.75 bits per heavy atom. The summed E-state index contributed by atoms with van der Waals surface area (Å²) in [6.45, 7) is 0.790. The fourth-order valence-corrected chi connectivity index (χ4v) is 1.82. The molecule has 0 spiro atoms. The number of rotatable bonds is 8. The van der Waals surface area contributed by atoms with Crippen LogP contribution in [0.5, 0.6) is 11.5 Å². The van der Waals surface area contributed by atoms with Gasteiger partial charge in [0.2, 0.25) is 5.75 Å². The molecule has 1 aromatic carbocycles. The molecule has 0 heterocycles. The number of nitrogens with zero attached hydrogens (tertiary/aromatic N) is 2. The Hall–Kier alpha value is -3.12. The summed E-state index contributed by atoms with van der Waals surface area (Å²) in [5, 5.41) is 32.3. The molecule has 0 atom stereocenters. The zero-order valence-corrected chi connectivity index (χ0v) is 13.2. The molecule has 0 aliphatic rings. The normalized spacial score (nSPS) is 10.8. The molecular weight excluding hydrogens is 318 g/mol. The third-order valence-electron chi connectivity index (χ3n) is 2.98. The molecule has 0 saturated carbocycles. The Bertz CT molecular complexity index is 693. The first-order valence-corrected chi connectivity index (χ1v) is 6.88. The van der Waals surface area contributed by atoms with Crippen LogP contribution in [0.3, 0.4) is 0 Å². The summed E-state index contributed by atoms with van der Waals surface area (Å²) in [4.78, 5) is 22.1. The molecule has 0 fully saturated rings. The Balaban J connectivity index is 3.08. The molecule has 0 saturated heterocycles. The third-order valence-corrected chi connectivity index (χ3v) is 2.98. The third kappa shape index (κ3) is 4.96. The SMILES string of the molecule is COCCCNC(=O)/C(C#N)=C/c1cc(OC)c(O)c([N+](=O)[O-])c1. The molecule has 2 N–H and O–H groups in total. The zero-order chi connectivity index (χ0) is 18.1. The predicted octanol–water partition coefficient (Wildman–Crippen LogP) is 1.37. The molecule has 0 aliphatic heterocycles. The highest BCUT2D eigenvalue weighted by atomic mass is 16.6. The van der Waals surface area contributed by atoms with E-state index in [1.54, 1.807) is 6.07 Å². The number of carbonyl (C=O) groups is 1. The van der Waals surface area contributed by atoms with Gasteiger partial charge in [-0.15, -0.1) is 0 Å². The molecule has 9 heteroatoms. The Kier molecular flexibility index (Phi) is 7.19. The van der Waals surface area contributed by atoms with Crippen LogP contribution in [0, 0.1) is 21.4 Å². The minimum atomic E-state index is -0.786. The van der Waals surface area contributed by atoms with Crippen molar-refractivity contribution in [2.24, 2.45) is 0 Å². The maximum Gasteiger partial charge on any atom is 0.315 e. The summed E-state index contributed by atoms with van der Waals surface area (Å²) in [5.41, 5.74) is -0.632. The van der Waals surface area contributed by atoms with Crippen LogP contribution >= 0.6 is 0 Å². The average Bonchev–Trinajstić information content (AvgIpc) is 2.57. The summed E-state index contributed by atoms with van der Waals surface area (Å²) in [7, 11) is 2.77. The number of hydrogen-bond acceptors (Lipinski definition) is 7. The first-order valence-electron chi connectivity index (χ1n) is 6.88. The predicted molar refractivity (Wildman–Crippen MR) is 84.4 cm³/mol. The van der Waals surface area contributed by atoms with Gasteiger partial charge < -0.3 is 19.9 Å². The van der Waals surface area contributed by atoms with Gasteiger partial charge in [0.05, 0.1) is 12.0 Å². The number of methoxy groups -OCH3 is 2. The van der Waals surface area contributed by atoms with Crippen LogP contribution in [0.25, 0.3) is 6.08 Å². The van der Waals surface area contributed by atoms with Gasteiger partial charge >= 0.3 is 5.69 Å². The summed E-state index contributed by atoms with van der Waals surface area (Å²) < 4.78 is 9.71. The van der Waals surface area contributed by atoms with Crippen molar-refractivity contribution in [1.29, 1.82) is 5.26 Å². The molecule has 9 nitrogen and oxygen atoms in total. The molecule has 128 valence electrons. The molecule has 1 amide bonds. The quantitative estimate of drug-likeness (QED) is 0.241. The largest absolute Gasteiger partial charge is 0.500 e. The van der Waals surface area contributed by atoms with E-state index in [0.717, 1.165) is 6.07 Å². The number of benzene rings is 1. The molecule has 0 radical (unpaired) electrons. The van der Waals surface area contributed by atoms with Gasteiger partial charge in [-0.1, -0.05) is 0 Å². The fourth-order valence-electron chi connectivity index (χ4n) is 1.82. The lowest BCUT2D eigenvalue weighted by molar-refractivity contribution is -0.386. The van der Waals surface area contributed by atoms with Crippen molar-refractivity contribution >= 4 is 17.7 Å². The number of carbonyl (C=O) groups excluding carboxylic acids is 1. The van der Waals surface area contributed by atoms with Gasteiger partial charge in [-0.25, -0.2) is 0 Å². The minimum Gasteiger partial charge on any atom is -0.500 e. The topological polar surface area (TPSA) is 135 Å². The van der Waals surface area contributed by atoms with Gasteiger partial charge in [0, 0.05) is 26.3 Å². The number of nitro benzene ring substituents is 1. The lowest BCUT2D eigenvalue weighted by Gasteiger charge is -2.06. The van der Waals surface area contributed by atoms with Crippen molar-refractivity contribution in [2.75, 3.05) is 27.4 Å². The minimum absolute atomic E-state index is 0.131. The summed E-state index contributed by atoms with van der Waals surface area (Å²) in [6.07, 6.45) is 1.76. The van der Waals surface area contributed by atoms with Gasteiger partial charge in [0.15, 0.2) is 5.75 Å². The number of nitro groups is 1.